The Kier molecular flexibility index (Phi) is 3.81. The Balaban J connectivity index is 2.51. The van der Waals surface area contributed by atoms with E-state index in [1.807, 2.05) is 6.07 Å². The van der Waals surface area contributed by atoms with E-state index in [4.69, 9.17) is 4.74 Å². The van der Waals surface area contributed by atoms with Gasteiger partial charge in [-0.1, -0.05) is 37.3 Å². The summed E-state index contributed by atoms with van der Waals surface area (Å²) in [7, 11) is 1.77. The molecule has 0 aliphatic carbocycles. The molecule has 0 aliphatic rings. The van der Waals surface area contributed by atoms with Gasteiger partial charge in [0.05, 0.1) is 6.10 Å². The van der Waals surface area contributed by atoms with Gasteiger partial charge in [-0.2, -0.15) is 0 Å². The maximum absolute atomic E-state index is 5.30. The van der Waals surface area contributed by atoms with Crippen LogP contribution in [0.3, 0.4) is 0 Å². The third-order valence-electron chi connectivity index (χ3n) is 2.09. The average Bonchev–Trinajstić information content (AvgIpc) is 2.16. The van der Waals surface area contributed by atoms with Crippen molar-refractivity contribution in [2.24, 2.45) is 0 Å². The van der Waals surface area contributed by atoms with Crippen LogP contribution >= 0.6 is 0 Å². The van der Waals surface area contributed by atoms with E-state index in [0.29, 0.717) is 6.10 Å². The highest BCUT2D eigenvalue weighted by atomic mass is 16.5. The molecule has 1 rings (SSSR count). The van der Waals surface area contributed by atoms with Crippen LogP contribution in [-0.4, -0.2) is 13.2 Å². The summed E-state index contributed by atoms with van der Waals surface area (Å²) in [6.07, 6.45) is 2.46. The second-order valence-electron chi connectivity index (χ2n) is 2.96. The predicted octanol–water partition coefficient (Wildman–Crippen LogP) is 2.65. The molecule has 0 saturated carbocycles. The summed E-state index contributed by atoms with van der Waals surface area (Å²) in [4.78, 5) is 0. The van der Waals surface area contributed by atoms with Crippen LogP contribution in [0.2, 0.25) is 0 Å². The SMILES string of the molecule is CC[C@@H](Cc1ccccc1)OC. The van der Waals surface area contributed by atoms with Gasteiger partial charge in [0.2, 0.25) is 0 Å². The van der Waals surface area contributed by atoms with Crippen molar-refractivity contribution in [3.63, 3.8) is 0 Å². The lowest BCUT2D eigenvalue weighted by Crippen LogP contribution is -2.12. The summed E-state index contributed by atoms with van der Waals surface area (Å²) in [5.74, 6) is 0. The highest BCUT2D eigenvalue weighted by Gasteiger charge is 2.03. The number of hydrogen-bond donors (Lipinski definition) is 0. The molecule has 1 atom stereocenters. The smallest absolute Gasteiger partial charge is 0.0609 e. The average molecular weight is 164 g/mol. The Labute approximate surface area is 74.4 Å². The quantitative estimate of drug-likeness (QED) is 0.664. The number of rotatable bonds is 4. The zero-order valence-corrected chi connectivity index (χ0v) is 7.79. The van der Waals surface area contributed by atoms with Gasteiger partial charge in [-0.05, 0) is 18.4 Å². The molecule has 0 fully saturated rings. The van der Waals surface area contributed by atoms with Crippen LogP contribution in [0, 0.1) is 0 Å². The van der Waals surface area contributed by atoms with E-state index >= 15 is 0 Å². The maximum Gasteiger partial charge on any atom is 0.0609 e. The standard InChI is InChI=1S/C11H16O/c1-3-11(12-2)9-10-7-5-4-6-8-10/h4-8,11H,3,9H2,1-2H3/t11-/m0/s1. The van der Waals surface area contributed by atoms with Crippen molar-refractivity contribution in [2.75, 3.05) is 7.11 Å². The molecule has 0 spiro atoms. The van der Waals surface area contributed by atoms with Gasteiger partial charge in [-0.3, -0.25) is 0 Å². The second kappa shape index (κ2) is 4.94. The Morgan fingerprint density at radius 2 is 1.92 bits per heavy atom. The van der Waals surface area contributed by atoms with Crippen LogP contribution in [0.25, 0.3) is 0 Å². The Hall–Kier alpha value is -0.820. The first kappa shape index (κ1) is 9.27. The molecule has 0 amide bonds. The molecule has 1 nitrogen and oxygen atoms in total. The molecular formula is C11H16O. The Bertz CT molecular complexity index is 202. The van der Waals surface area contributed by atoms with Crippen LogP contribution in [-0.2, 0) is 11.2 Å². The molecule has 1 aromatic carbocycles. The molecule has 12 heavy (non-hydrogen) atoms. The molecule has 0 aliphatic heterocycles. The topological polar surface area (TPSA) is 9.23 Å². The van der Waals surface area contributed by atoms with Gasteiger partial charge >= 0.3 is 0 Å². The van der Waals surface area contributed by atoms with Gasteiger partial charge in [-0.15, -0.1) is 0 Å². The van der Waals surface area contributed by atoms with Crippen molar-refractivity contribution >= 4 is 0 Å². The zero-order valence-electron chi connectivity index (χ0n) is 7.79. The van der Waals surface area contributed by atoms with E-state index < -0.39 is 0 Å². The van der Waals surface area contributed by atoms with E-state index in [9.17, 15) is 0 Å². The molecule has 0 unspecified atom stereocenters. The molecule has 0 bridgehead atoms. The molecule has 0 heterocycles. The van der Waals surface area contributed by atoms with Gasteiger partial charge in [-0.25, -0.2) is 0 Å². The molecular weight excluding hydrogens is 148 g/mol. The minimum atomic E-state index is 0.368. The summed E-state index contributed by atoms with van der Waals surface area (Å²) in [6, 6.07) is 10.5. The van der Waals surface area contributed by atoms with Gasteiger partial charge < -0.3 is 4.74 Å². The number of hydrogen-bond acceptors (Lipinski definition) is 1. The molecule has 0 aromatic heterocycles. The largest absolute Gasteiger partial charge is 0.381 e. The number of benzene rings is 1. The Morgan fingerprint density at radius 3 is 2.42 bits per heavy atom. The van der Waals surface area contributed by atoms with Crippen LogP contribution in [0.4, 0.5) is 0 Å². The van der Waals surface area contributed by atoms with Crippen molar-refractivity contribution in [2.45, 2.75) is 25.9 Å². The molecule has 1 heteroatoms. The van der Waals surface area contributed by atoms with Gasteiger partial charge in [0.1, 0.15) is 0 Å². The molecule has 0 radical (unpaired) electrons. The monoisotopic (exact) mass is 164 g/mol. The van der Waals surface area contributed by atoms with Crippen LogP contribution in [0.1, 0.15) is 18.9 Å². The van der Waals surface area contributed by atoms with E-state index in [-0.39, 0.29) is 0 Å². The van der Waals surface area contributed by atoms with Crippen molar-refractivity contribution in [3.8, 4) is 0 Å². The van der Waals surface area contributed by atoms with E-state index in [2.05, 4.69) is 31.2 Å². The minimum absolute atomic E-state index is 0.368. The third-order valence-corrected chi connectivity index (χ3v) is 2.09. The normalized spacial score (nSPS) is 12.8. The first-order valence-corrected chi connectivity index (χ1v) is 4.43. The molecule has 0 N–H and O–H groups in total. The highest BCUT2D eigenvalue weighted by molar-refractivity contribution is 5.15. The van der Waals surface area contributed by atoms with Crippen LogP contribution in [0.5, 0.6) is 0 Å². The fourth-order valence-electron chi connectivity index (χ4n) is 1.27. The number of ether oxygens (including phenoxy) is 1. The summed E-state index contributed by atoms with van der Waals surface area (Å²) >= 11 is 0. The lowest BCUT2D eigenvalue weighted by molar-refractivity contribution is 0.0998. The summed E-state index contributed by atoms with van der Waals surface area (Å²) in [6.45, 7) is 2.15. The van der Waals surface area contributed by atoms with Crippen molar-refractivity contribution in [1.29, 1.82) is 0 Å². The fraction of sp³-hybridized carbons (Fsp3) is 0.455. The molecule has 66 valence electrons. The second-order valence-corrected chi connectivity index (χ2v) is 2.96. The van der Waals surface area contributed by atoms with Crippen LogP contribution < -0.4 is 0 Å². The zero-order chi connectivity index (χ0) is 8.81. The summed E-state index contributed by atoms with van der Waals surface area (Å²) in [5.41, 5.74) is 1.35. The summed E-state index contributed by atoms with van der Waals surface area (Å²) in [5, 5.41) is 0. The third kappa shape index (κ3) is 2.67. The van der Waals surface area contributed by atoms with Gasteiger partial charge in [0.25, 0.3) is 0 Å². The van der Waals surface area contributed by atoms with Gasteiger partial charge in [0, 0.05) is 7.11 Å². The lowest BCUT2D eigenvalue weighted by atomic mass is 10.1. The van der Waals surface area contributed by atoms with E-state index in [1.165, 1.54) is 5.56 Å². The van der Waals surface area contributed by atoms with Gasteiger partial charge in [0.15, 0.2) is 0 Å². The van der Waals surface area contributed by atoms with E-state index in [0.717, 1.165) is 12.8 Å². The summed E-state index contributed by atoms with van der Waals surface area (Å²) < 4.78 is 5.30. The number of methoxy groups -OCH3 is 1. The van der Waals surface area contributed by atoms with Crippen molar-refractivity contribution in [1.82, 2.24) is 0 Å². The van der Waals surface area contributed by atoms with Crippen molar-refractivity contribution < 1.29 is 4.74 Å². The minimum Gasteiger partial charge on any atom is -0.381 e. The first-order valence-electron chi connectivity index (χ1n) is 4.43. The predicted molar refractivity (Wildman–Crippen MR) is 51.2 cm³/mol. The molecule has 0 saturated heterocycles. The highest BCUT2D eigenvalue weighted by Crippen LogP contribution is 2.07. The lowest BCUT2D eigenvalue weighted by Gasteiger charge is -2.12. The van der Waals surface area contributed by atoms with Crippen molar-refractivity contribution in [3.05, 3.63) is 35.9 Å². The maximum atomic E-state index is 5.30. The first-order chi connectivity index (χ1) is 5.86. The van der Waals surface area contributed by atoms with E-state index in [1.54, 1.807) is 7.11 Å². The van der Waals surface area contributed by atoms with Crippen LogP contribution in [0.15, 0.2) is 30.3 Å². The molecule has 1 aromatic rings. The fourth-order valence-corrected chi connectivity index (χ4v) is 1.27. The Morgan fingerprint density at radius 1 is 1.25 bits per heavy atom.